The highest BCUT2D eigenvalue weighted by molar-refractivity contribution is 7.93. The Labute approximate surface area is 157 Å². The third-order valence-corrected chi connectivity index (χ3v) is 6.67. The number of pyridine rings is 2. The lowest BCUT2D eigenvalue weighted by Crippen LogP contribution is -2.31. The lowest BCUT2D eigenvalue weighted by molar-refractivity contribution is 0.288. The fourth-order valence-corrected chi connectivity index (χ4v) is 2.53. The Balaban J connectivity index is 0.000000765. The molecule has 0 aliphatic heterocycles. The molecule has 3 N–H and O–H groups in total. The summed E-state index contributed by atoms with van der Waals surface area (Å²) in [6, 6.07) is 2.02. The van der Waals surface area contributed by atoms with Crippen LogP contribution in [-0.2, 0) is 9.73 Å². The summed E-state index contributed by atoms with van der Waals surface area (Å²) in [5, 5.41) is 1.96. The van der Waals surface area contributed by atoms with Crippen molar-refractivity contribution in [1.82, 2.24) is 9.97 Å². The lowest BCUT2D eigenvalue weighted by Gasteiger charge is -2.24. The quantitative estimate of drug-likeness (QED) is 0.793. The molecule has 0 aliphatic carbocycles. The van der Waals surface area contributed by atoms with Crippen molar-refractivity contribution in [2.24, 2.45) is 5.73 Å². The van der Waals surface area contributed by atoms with E-state index in [1.807, 2.05) is 33.8 Å². The molecule has 0 saturated carbocycles. The van der Waals surface area contributed by atoms with Crippen LogP contribution in [0.15, 0.2) is 18.5 Å². The van der Waals surface area contributed by atoms with E-state index in [-0.39, 0.29) is 0 Å². The maximum absolute atomic E-state index is 11.9. The molecule has 2 aromatic heterocycles. The van der Waals surface area contributed by atoms with Gasteiger partial charge in [-0.1, -0.05) is 6.92 Å². The van der Waals surface area contributed by atoms with E-state index in [0.29, 0.717) is 18.9 Å². The Hall–Kier alpha value is -1.73. The SMILES string of the molecule is CCCN.Cc1cc2c(C)cnc(OCCC(C)(C)S(C)(=N)=O)c2cn1. The average Bonchev–Trinajstić information content (AvgIpc) is 2.56. The number of hydrogen-bond acceptors (Lipinski definition) is 6. The minimum atomic E-state index is -2.62. The minimum Gasteiger partial charge on any atom is -0.477 e. The molecule has 2 rings (SSSR count). The lowest BCUT2D eigenvalue weighted by atomic mass is 10.1. The van der Waals surface area contributed by atoms with Crippen LogP contribution in [0.1, 0.15) is 44.9 Å². The van der Waals surface area contributed by atoms with E-state index in [9.17, 15) is 4.21 Å². The zero-order chi connectivity index (χ0) is 20.0. The van der Waals surface area contributed by atoms with E-state index in [4.69, 9.17) is 15.3 Å². The molecular formula is C19H32N4O2S. The molecule has 6 nitrogen and oxygen atoms in total. The number of fused-ring (bicyclic) bond motifs is 1. The molecule has 0 spiro atoms. The summed E-state index contributed by atoms with van der Waals surface area (Å²) in [6.45, 7) is 10.9. The highest BCUT2D eigenvalue weighted by atomic mass is 32.2. The van der Waals surface area contributed by atoms with Gasteiger partial charge in [0.25, 0.3) is 0 Å². The first-order valence-electron chi connectivity index (χ1n) is 8.81. The van der Waals surface area contributed by atoms with Gasteiger partial charge < -0.3 is 10.5 Å². The van der Waals surface area contributed by atoms with Crippen molar-refractivity contribution in [3.8, 4) is 5.88 Å². The molecule has 0 saturated heterocycles. The number of hydrogen-bond donors (Lipinski definition) is 2. The number of ether oxygens (including phenoxy) is 1. The van der Waals surface area contributed by atoms with Crippen molar-refractivity contribution in [3.05, 3.63) is 29.7 Å². The van der Waals surface area contributed by atoms with Crippen LogP contribution in [0.4, 0.5) is 0 Å². The largest absolute Gasteiger partial charge is 0.477 e. The summed E-state index contributed by atoms with van der Waals surface area (Å²) < 4.78 is 24.9. The van der Waals surface area contributed by atoms with Gasteiger partial charge in [-0.25, -0.2) is 9.19 Å². The van der Waals surface area contributed by atoms with Crippen molar-refractivity contribution in [1.29, 1.82) is 4.78 Å². The van der Waals surface area contributed by atoms with Crippen molar-refractivity contribution < 1.29 is 8.95 Å². The molecule has 0 fully saturated rings. The molecule has 1 unspecified atom stereocenters. The average molecular weight is 381 g/mol. The Morgan fingerprint density at radius 2 is 1.85 bits per heavy atom. The number of aryl methyl sites for hydroxylation is 2. The molecular weight excluding hydrogens is 348 g/mol. The summed E-state index contributed by atoms with van der Waals surface area (Å²) in [4.78, 5) is 8.65. The fraction of sp³-hybridized carbons (Fsp3) is 0.579. The van der Waals surface area contributed by atoms with E-state index in [1.54, 1.807) is 12.4 Å². The molecule has 2 aromatic rings. The van der Waals surface area contributed by atoms with Gasteiger partial charge in [0.15, 0.2) is 0 Å². The normalized spacial score (nSPS) is 13.7. The highest BCUT2D eigenvalue weighted by Crippen LogP contribution is 2.27. The number of nitrogens with zero attached hydrogens (tertiary/aromatic N) is 2. The Morgan fingerprint density at radius 3 is 2.38 bits per heavy atom. The van der Waals surface area contributed by atoms with Crippen LogP contribution in [0, 0.1) is 18.6 Å². The zero-order valence-corrected chi connectivity index (χ0v) is 17.6. The van der Waals surface area contributed by atoms with Gasteiger partial charge in [0.1, 0.15) is 0 Å². The number of nitrogens with two attached hydrogens (primary N) is 1. The predicted octanol–water partition coefficient (Wildman–Crippen LogP) is 3.83. The van der Waals surface area contributed by atoms with E-state index in [2.05, 4.69) is 16.9 Å². The molecule has 1 atom stereocenters. The first-order chi connectivity index (χ1) is 12.0. The third-order valence-electron chi connectivity index (χ3n) is 4.36. The minimum absolute atomic E-state index is 0.371. The monoisotopic (exact) mass is 380 g/mol. The molecule has 26 heavy (non-hydrogen) atoms. The second-order valence-corrected chi connectivity index (χ2v) is 9.90. The van der Waals surface area contributed by atoms with Crippen LogP contribution in [0.3, 0.4) is 0 Å². The molecule has 7 heteroatoms. The molecule has 0 amide bonds. The second-order valence-electron chi connectivity index (χ2n) is 7.11. The Bertz CT molecular complexity index is 831. The summed E-state index contributed by atoms with van der Waals surface area (Å²) in [6.07, 6.45) is 6.66. The van der Waals surface area contributed by atoms with Crippen molar-refractivity contribution in [2.45, 2.75) is 52.2 Å². The van der Waals surface area contributed by atoms with Crippen LogP contribution < -0.4 is 10.5 Å². The first-order valence-corrected chi connectivity index (χ1v) is 10.8. The summed E-state index contributed by atoms with van der Waals surface area (Å²) >= 11 is 0. The van der Waals surface area contributed by atoms with Crippen LogP contribution in [-0.4, -0.2) is 38.3 Å². The zero-order valence-electron chi connectivity index (χ0n) is 16.8. The van der Waals surface area contributed by atoms with Gasteiger partial charge >= 0.3 is 0 Å². The first kappa shape index (κ1) is 22.3. The van der Waals surface area contributed by atoms with Crippen LogP contribution in [0.5, 0.6) is 5.88 Å². The standard InChI is InChI=1S/C16H23N3O2S.C3H9N/c1-11-9-19-15(14-10-18-12(2)8-13(11)14)21-7-6-16(3,4)22(5,17)20;1-2-3-4/h8-10,17H,6-7H2,1-5H3;2-4H2,1H3. The van der Waals surface area contributed by atoms with Gasteiger partial charge in [-0.3, -0.25) is 9.76 Å². The maximum Gasteiger partial charge on any atom is 0.222 e. The van der Waals surface area contributed by atoms with Gasteiger partial charge in [-0.2, -0.15) is 0 Å². The maximum atomic E-state index is 11.9. The topological polar surface area (TPSA) is 102 Å². The van der Waals surface area contributed by atoms with Crippen molar-refractivity contribution in [2.75, 3.05) is 19.4 Å². The van der Waals surface area contributed by atoms with Crippen molar-refractivity contribution in [3.63, 3.8) is 0 Å². The smallest absolute Gasteiger partial charge is 0.222 e. The van der Waals surface area contributed by atoms with Crippen LogP contribution in [0.2, 0.25) is 0 Å². The van der Waals surface area contributed by atoms with Crippen LogP contribution >= 0.6 is 0 Å². The summed E-state index contributed by atoms with van der Waals surface area (Å²) in [5.41, 5.74) is 7.06. The van der Waals surface area contributed by atoms with Gasteiger partial charge in [0.2, 0.25) is 5.88 Å². The number of aromatic nitrogens is 2. The molecule has 0 aromatic carbocycles. The Kier molecular flexibility index (Phi) is 7.96. The highest BCUT2D eigenvalue weighted by Gasteiger charge is 2.26. The van der Waals surface area contributed by atoms with E-state index in [0.717, 1.165) is 35.0 Å². The summed E-state index contributed by atoms with van der Waals surface area (Å²) in [5.74, 6) is 0.538. The molecule has 2 heterocycles. The summed E-state index contributed by atoms with van der Waals surface area (Å²) in [7, 11) is -2.62. The third kappa shape index (κ3) is 5.92. The van der Waals surface area contributed by atoms with E-state index >= 15 is 0 Å². The second kappa shape index (κ2) is 9.28. The Morgan fingerprint density at radius 1 is 1.23 bits per heavy atom. The van der Waals surface area contributed by atoms with Crippen LogP contribution in [0.25, 0.3) is 10.8 Å². The molecule has 0 aliphatic rings. The van der Waals surface area contributed by atoms with Gasteiger partial charge in [0.05, 0.1) is 16.7 Å². The van der Waals surface area contributed by atoms with Gasteiger partial charge in [-0.15, -0.1) is 0 Å². The predicted molar refractivity (Wildman–Crippen MR) is 109 cm³/mol. The van der Waals surface area contributed by atoms with Crippen molar-refractivity contribution >= 4 is 20.5 Å². The molecule has 0 bridgehead atoms. The van der Waals surface area contributed by atoms with E-state index < -0.39 is 14.5 Å². The van der Waals surface area contributed by atoms with Gasteiger partial charge in [-0.05, 0) is 64.1 Å². The fourth-order valence-electron chi connectivity index (χ4n) is 2.05. The number of nitrogens with one attached hydrogen (secondary N) is 1. The number of rotatable bonds is 6. The molecule has 146 valence electrons. The van der Waals surface area contributed by atoms with E-state index in [1.165, 1.54) is 6.26 Å². The molecule has 0 radical (unpaired) electrons. The van der Waals surface area contributed by atoms with Gasteiger partial charge in [0, 0.05) is 34.1 Å².